The summed E-state index contributed by atoms with van der Waals surface area (Å²) in [7, 11) is 0. The van der Waals surface area contributed by atoms with Crippen LogP contribution < -0.4 is 5.32 Å². The highest BCUT2D eigenvalue weighted by atomic mass is 16.1. The molecule has 0 aliphatic heterocycles. The number of rotatable bonds is 3. The Kier molecular flexibility index (Phi) is 4.47. The Hall–Kier alpha value is -3.40. The average Bonchev–Trinajstić information content (AvgIpc) is 3.07. The normalized spacial score (nSPS) is 11.0. The maximum atomic E-state index is 12.7. The number of nitrogens with one attached hydrogen (secondary N) is 2. The van der Waals surface area contributed by atoms with Gasteiger partial charge in [-0.3, -0.25) is 4.79 Å². The first kappa shape index (κ1) is 18.0. The van der Waals surface area contributed by atoms with E-state index in [0.29, 0.717) is 5.56 Å². The van der Waals surface area contributed by atoms with Crippen molar-refractivity contribution < 1.29 is 4.79 Å². The number of aromatic amines is 1. The van der Waals surface area contributed by atoms with Crippen molar-refractivity contribution in [2.24, 2.45) is 0 Å². The highest BCUT2D eigenvalue weighted by molar-refractivity contribution is 6.05. The Morgan fingerprint density at radius 2 is 1.54 bits per heavy atom. The average molecular weight is 369 g/mol. The number of benzene rings is 3. The number of aromatic nitrogens is 2. The molecule has 0 aliphatic rings. The Bertz CT molecular complexity index is 1160. The molecule has 0 saturated carbocycles. The summed E-state index contributed by atoms with van der Waals surface area (Å²) in [5.74, 6) is 0.694. The lowest BCUT2D eigenvalue weighted by Crippen LogP contribution is -2.13. The first-order valence-electron chi connectivity index (χ1n) is 9.37. The van der Waals surface area contributed by atoms with Crippen LogP contribution in [0.1, 0.15) is 32.6 Å². The van der Waals surface area contributed by atoms with Gasteiger partial charge in [0, 0.05) is 16.8 Å². The van der Waals surface area contributed by atoms with E-state index in [1.54, 1.807) is 0 Å². The number of anilines is 1. The third-order valence-electron chi connectivity index (χ3n) is 4.97. The molecule has 0 radical (unpaired) electrons. The van der Waals surface area contributed by atoms with Crippen molar-refractivity contribution in [2.45, 2.75) is 27.7 Å². The number of fused-ring (bicyclic) bond motifs is 1. The number of H-pyrrole nitrogens is 1. The lowest BCUT2D eigenvalue weighted by atomic mass is 10.0. The van der Waals surface area contributed by atoms with Crippen LogP contribution in [0.4, 0.5) is 5.69 Å². The van der Waals surface area contributed by atoms with E-state index >= 15 is 0 Å². The minimum absolute atomic E-state index is 0.109. The summed E-state index contributed by atoms with van der Waals surface area (Å²) in [4.78, 5) is 20.7. The van der Waals surface area contributed by atoms with E-state index in [1.165, 1.54) is 11.1 Å². The van der Waals surface area contributed by atoms with E-state index in [-0.39, 0.29) is 5.91 Å². The van der Waals surface area contributed by atoms with E-state index < -0.39 is 0 Å². The highest BCUT2D eigenvalue weighted by Gasteiger charge is 2.12. The molecule has 0 saturated heterocycles. The van der Waals surface area contributed by atoms with Crippen LogP contribution >= 0.6 is 0 Å². The summed E-state index contributed by atoms with van der Waals surface area (Å²) in [6, 6.07) is 17.8. The predicted octanol–water partition coefficient (Wildman–Crippen LogP) is 5.72. The fraction of sp³-hybridized carbons (Fsp3) is 0.167. The van der Waals surface area contributed by atoms with Gasteiger partial charge in [0.15, 0.2) is 0 Å². The molecular weight excluding hydrogens is 346 g/mol. The molecule has 28 heavy (non-hydrogen) atoms. The summed E-state index contributed by atoms with van der Waals surface area (Å²) in [6.45, 7) is 8.15. The van der Waals surface area contributed by atoms with Crippen molar-refractivity contribution in [3.8, 4) is 11.4 Å². The lowest BCUT2D eigenvalue weighted by Gasteiger charge is -2.13. The second-order valence-corrected chi connectivity index (χ2v) is 7.41. The molecule has 1 aromatic heterocycles. The van der Waals surface area contributed by atoms with Gasteiger partial charge in [-0.2, -0.15) is 0 Å². The van der Waals surface area contributed by atoms with Crippen molar-refractivity contribution in [1.82, 2.24) is 9.97 Å². The van der Waals surface area contributed by atoms with Gasteiger partial charge >= 0.3 is 0 Å². The van der Waals surface area contributed by atoms with Gasteiger partial charge < -0.3 is 10.3 Å². The molecular formula is C24H23N3O. The van der Waals surface area contributed by atoms with Crippen LogP contribution in [0.3, 0.4) is 0 Å². The fourth-order valence-corrected chi connectivity index (χ4v) is 3.60. The molecule has 4 nitrogen and oxygen atoms in total. The molecule has 0 unspecified atom stereocenters. The van der Waals surface area contributed by atoms with Gasteiger partial charge in [0.2, 0.25) is 0 Å². The van der Waals surface area contributed by atoms with Crippen molar-refractivity contribution in [1.29, 1.82) is 0 Å². The van der Waals surface area contributed by atoms with Crippen LogP contribution in [0.15, 0.2) is 54.6 Å². The molecule has 0 atom stereocenters. The zero-order chi connectivity index (χ0) is 19.8. The van der Waals surface area contributed by atoms with E-state index in [0.717, 1.165) is 39.2 Å². The minimum atomic E-state index is -0.109. The second kappa shape index (κ2) is 6.97. The topological polar surface area (TPSA) is 57.8 Å². The summed E-state index contributed by atoms with van der Waals surface area (Å²) in [5.41, 5.74) is 8.93. The quantitative estimate of drug-likeness (QED) is 0.485. The Labute approximate surface area is 164 Å². The summed E-state index contributed by atoms with van der Waals surface area (Å²) < 4.78 is 0. The van der Waals surface area contributed by atoms with Gasteiger partial charge in [-0.1, -0.05) is 35.9 Å². The van der Waals surface area contributed by atoms with Crippen molar-refractivity contribution in [3.05, 3.63) is 82.4 Å². The van der Waals surface area contributed by atoms with Gasteiger partial charge in [0.05, 0.1) is 11.0 Å². The number of hydrogen-bond donors (Lipinski definition) is 2. The minimum Gasteiger partial charge on any atom is -0.338 e. The van der Waals surface area contributed by atoms with Crippen LogP contribution in [0, 0.1) is 27.7 Å². The van der Waals surface area contributed by atoms with Gasteiger partial charge in [-0.15, -0.1) is 0 Å². The molecule has 1 amide bonds. The monoisotopic (exact) mass is 369 g/mol. The Morgan fingerprint density at radius 1 is 0.857 bits per heavy atom. The molecule has 2 N–H and O–H groups in total. The molecule has 0 bridgehead atoms. The number of hydrogen-bond acceptors (Lipinski definition) is 2. The number of carbonyl (C=O) groups excluding carboxylic acids is 1. The summed E-state index contributed by atoms with van der Waals surface area (Å²) >= 11 is 0. The van der Waals surface area contributed by atoms with E-state index in [9.17, 15) is 4.79 Å². The van der Waals surface area contributed by atoms with E-state index in [2.05, 4.69) is 53.4 Å². The van der Waals surface area contributed by atoms with Crippen LogP contribution in [-0.2, 0) is 0 Å². The van der Waals surface area contributed by atoms with Crippen molar-refractivity contribution >= 4 is 22.6 Å². The first-order valence-corrected chi connectivity index (χ1v) is 9.37. The number of aryl methyl sites for hydroxylation is 4. The van der Waals surface area contributed by atoms with Crippen LogP contribution in [0.2, 0.25) is 0 Å². The van der Waals surface area contributed by atoms with Gasteiger partial charge in [0.1, 0.15) is 5.82 Å². The zero-order valence-electron chi connectivity index (χ0n) is 16.6. The summed E-state index contributed by atoms with van der Waals surface area (Å²) in [6.07, 6.45) is 0. The van der Waals surface area contributed by atoms with Crippen LogP contribution in [0.25, 0.3) is 22.4 Å². The first-order chi connectivity index (χ1) is 13.4. The van der Waals surface area contributed by atoms with E-state index in [1.807, 2.05) is 44.2 Å². The number of amides is 1. The molecule has 4 aromatic rings. The lowest BCUT2D eigenvalue weighted by molar-refractivity contribution is 0.102. The van der Waals surface area contributed by atoms with Gasteiger partial charge in [-0.25, -0.2) is 4.98 Å². The van der Waals surface area contributed by atoms with Crippen molar-refractivity contribution in [3.63, 3.8) is 0 Å². The predicted molar refractivity (Wildman–Crippen MR) is 115 cm³/mol. The van der Waals surface area contributed by atoms with Gasteiger partial charge in [0.25, 0.3) is 5.91 Å². The third kappa shape index (κ3) is 3.41. The number of imidazole rings is 1. The van der Waals surface area contributed by atoms with Crippen molar-refractivity contribution in [2.75, 3.05) is 5.32 Å². The molecule has 1 heterocycles. The highest BCUT2D eigenvalue weighted by Crippen LogP contribution is 2.24. The van der Waals surface area contributed by atoms with E-state index in [4.69, 9.17) is 0 Å². The number of carbonyl (C=O) groups is 1. The molecule has 0 spiro atoms. The second-order valence-electron chi connectivity index (χ2n) is 7.41. The SMILES string of the molecule is Cc1cc(C)c(NC(=O)c2ccc(-c3nc4ccc(C)cc4[nH]3)cc2)c(C)c1. The molecule has 140 valence electrons. The molecule has 4 heteroatoms. The molecule has 4 rings (SSSR count). The maximum Gasteiger partial charge on any atom is 0.255 e. The molecule has 0 aliphatic carbocycles. The molecule has 0 fully saturated rings. The number of nitrogens with zero attached hydrogens (tertiary/aromatic N) is 1. The summed E-state index contributed by atoms with van der Waals surface area (Å²) in [5, 5.41) is 3.05. The van der Waals surface area contributed by atoms with Crippen LogP contribution in [0.5, 0.6) is 0 Å². The third-order valence-corrected chi connectivity index (χ3v) is 4.97. The smallest absolute Gasteiger partial charge is 0.255 e. The van der Waals surface area contributed by atoms with Gasteiger partial charge in [-0.05, 0) is 68.7 Å². The fourth-order valence-electron chi connectivity index (χ4n) is 3.60. The zero-order valence-corrected chi connectivity index (χ0v) is 16.6. The Balaban J connectivity index is 1.58. The maximum absolute atomic E-state index is 12.7. The Morgan fingerprint density at radius 3 is 2.21 bits per heavy atom. The van der Waals surface area contributed by atoms with Crippen LogP contribution in [-0.4, -0.2) is 15.9 Å². The largest absolute Gasteiger partial charge is 0.338 e. The molecule has 3 aromatic carbocycles. The standard InChI is InChI=1S/C24H23N3O/c1-14-5-10-20-21(13-14)26-23(25-20)18-6-8-19(9-7-18)24(28)27-22-16(3)11-15(2)12-17(22)4/h5-13H,1-4H3,(H,25,26)(H,27,28).